The summed E-state index contributed by atoms with van der Waals surface area (Å²) in [5.74, 6) is 1.84. The van der Waals surface area contributed by atoms with Gasteiger partial charge in [0, 0.05) is 11.4 Å². The van der Waals surface area contributed by atoms with Crippen LogP contribution < -0.4 is 10.5 Å². The van der Waals surface area contributed by atoms with E-state index in [1.807, 2.05) is 36.0 Å². The summed E-state index contributed by atoms with van der Waals surface area (Å²) >= 11 is 3.58. The van der Waals surface area contributed by atoms with Crippen LogP contribution >= 0.6 is 23.1 Å². The first kappa shape index (κ1) is 11.4. The lowest BCUT2D eigenvalue weighted by atomic mass is 10.3. The van der Waals surface area contributed by atoms with Crippen LogP contribution in [0.25, 0.3) is 0 Å². The first-order valence-corrected chi connectivity index (χ1v) is 6.86. The van der Waals surface area contributed by atoms with E-state index >= 15 is 0 Å². The molecular weight excluding hydrogens is 238 g/mol. The van der Waals surface area contributed by atoms with Crippen molar-refractivity contribution in [2.75, 3.05) is 18.1 Å². The zero-order chi connectivity index (χ0) is 11.2. The molecule has 1 aromatic heterocycles. The van der Waals surface area contributed by atoms with E-state index in [0.717, 1.165) is 17.2 Å². The highest BCUT2D eigenvalue weighted by Gasteiger charge is 1.96. The molecule has 2 aromatic rings. The molecule has 16 heavy (non-hydrogen) atoms. The van der Waals surface area contributed by atoms with Crippen molar-refractivity contribution in [2.45, 2.75) is 4.21 Å². The third-order valence-electron chi connectivity index (χ3n) is 1.97. The fraction of sp³-hybridized carbons (Fsp3) is 0.167. The average Bonchev–Trinajstić information content (AvgIpc) is 2.80. The zero-order valence-electron chi connectivity index (χ0n) is 8.76. The number of ether oxygens (including phenoxy) is 1. The minimum absolute atomic E-state index is 0.715. The molecule has 0 radical (unpaired) electrons. The van der Waals surface area contributed by atoms with E-state index in [1.54, 1.807) is 11.3 Å². The number of anilines is 1. The molecule has 2 N–H and O–H groups in total. The van der Waals surface area contributed by atoms with Crippen LogP contribution in [0.5, 0.6) is 5.75 Å². The van der Waals surface area contributed by atoms with Gasteiger partial charge in [-0.25, -0.2) is 0 Å². The average molecular weight is 251 g/mol. The van der Waals surface area contributed by atoms with Crippen molar-refractivity contribution >= 4 is 28.8 Å². The third kappa shape index (κ3) is 3.47. The second-order valence-electron chi connectivity index (χ2n) is 3.20. The van der Waals surface area contributed by atoms with Crippen LogP contribution in [0.15, 0.2) is 46.0 Å². The Morgan fingerprint density at radius 2 is 2.00 bits per heavy atom. The van der Waals surface area contributed by atoms with Crippen LogP contribution in [0.4, 0.5) is 5.69 Å². The molecular formula is C12H13NOS2. The van der Waals surface area contributed by atoms with Gasteiger partial charge in [-0.05, 0) is 35.7 Å². The largest absolute Gasteiger partial charge is 0.493 e. The second-order valence-corrected chi connectivity index (χ2v) is 5.54. The SMILES string of the molecule is Nc1ccc(OCCSc2cccs2)cc1. The van der Waals surface area contributed by atoms with Crippen molar-refractivity contribution in [3.8, 4) is 5.75 Å². The maximum atomic E-state index is 5.59. The van der Waals surface area contributed by atoms with Gasteiger partial charge in [0.2, 0.25) is 0 Å². The van der Waals surface area contributed by atoms with Crippen molar-refractivity contribution in [2.24, 2.45) is 0 Å². The van der Waals surface area contributed by atoms with Gasteiger partial charge in [0.15, 0.2) is 0 Å². The number of nitrogen functional groups attached to an aromatic ring is 1. The molecule has 84 valence electrons. The topological polar surface area (TPSA) is 35.2 Å². The summed E-state index contributed by atoms with van der Waals surface area (Å²) < 4.78 is 6.92. The summed E-state index contributed by atoms with van der Waals surface area (Å²) in [6.45, 7) is 0.715. The molecule has 0 unspecified atom stereocenters. The maximum absolute atomic E-state index is 5.59. The molecule has 0 saturated heterocycles. The molecule has 0 atom stereocenters. The lowest BCUT2D eigenvalue weighted by molar-refractivity contribution is 0.344. The van der Waals surface area contributed by atoms with Crippen LogP contribution in [0.3, 0.4) is 0 Å². The quantitative estimate of drug-likeness (QED) is 0.502. The first-order valence-electron chi connectivity index (χ1n) is 4.99. The molecule has 0 amide bonds. The number of hydrogen-bond acceptors (Lipinski definition) is 4. The number of thioether (sulfide) groups is 1. The molecule has 1 aromatic carbocycles. The van der Waals surface area contributed by atoms with Crippen molar-refractivity contribution in [1.82, 2.24) is 0 Å². The molecule has 2 rings (SSSR count). The number of hydrogen-bond donors (Lipinski definition) is 1. The number of thiophene rings is 1. The lowest BCUT2D eigenvalue weighted by Gasteiger charge is -2.05. The summed E-state index contributed by atoms with van der Waals surface area (Å²) in [5, 5.41) is 2.09. The maximum Gasteiger partial charge on any atom is 0.119 e. The summed E-state index contributed by atoms with van der Waals surface area (Å²) in [6.07, 6.45) is 0. The Morgan fingerprint density at radius 1 is 1.19 bits per heavy atom. The first-order chi connectivity index (χ1) is 7.84. The predicted octanol–water partition coefficient (Wildman–Crippen LogP) is 3.50. The lowest BCUT2D eigenvalue weighted by Crippen LogP contribution is -1.99. The van der Waals surface area contributed by atoms with Crippen molar-refractivity contribution < 1.29 is 4.74 Å². The molecule has 2 nitrogen and oxygen atoms in total. The second kappa shape index (κ2) is 5.82. The van der Waals surface area contributed by atoms with Crippen LogP contribution in [-0.2, 0) is 0 Å². The van der Waals surface area contributed by atoms with Crippen LogP contribution in [0.2, 0.25) is 0 Å². The Morgan fingerprint density at radius 3 is 2.69 bits per heavy atom. The minimum Gasteiger partial charge on any atom is -0.493 e. The van der Waals surface area contributed by atoms with Gasteiger partial charge in [-0.3, -0.25) is 0 Å². The summed E-state index contributed by atoms with van der Waals surface area (Å²) in [4.78, 5) is 0. The van der Waals surface area contributed by atoms with E-state index in [9.17, 15) is 0 Å². The monoisotopic (exact) mass is 251 g/mol. The Labute approximate surface area is 103 Å². The number of benzene rings is 1. The predicted molar refractivity (Wildman–Crippen MR) is 71.4 cm³/mol. The van der Waals surface area contributed by atoms with Gasteiger partial charge in [0.05, 0.1) is 10.8 Å². The molecule has 0 fully saturated rings. The van der Waals surface area contributed by atoms with Crippen molar-refractivity contribution in [1.29, 1.82) is 0 Å². The van der Waals surface area contributed by atoms with Crippen LogP contribution in [0.1, 0.15) is 0 Å². The molecule has 4 heteroatoms. The molecule has 0 spiro atoms. The highest BCUT2D eigenvalue weighted by molar-refractivity contribution is 8.01. The summed E-state index contributed by atoms with van der Waals surface area (Å²) in [5.41, 5.74) is 6.35. The highest BCUT2D eigenvalue weighted by Crippen LogP contribution is 2.23. The smallest absolute Gasteiger partial charge is 0.119 e. The molecule has 0 aliphatic carbocycles. The normalized spacial score (nSPS) is 10.2. The van der Waals surface area contributed by atoms with E-state index in [4.69, 9.17) is 10.5 Å². The van der Waals surface area contributed by atoms with Gasteiger partial charge in [-0.1, -0.05) is 6.07 Å². The van der Waals surface area contributed by atoms with E-state index < -0.39 is 0 Å². The number of nitrogens with two attached hydrogens (primary N) is 1. The summed E-state index contributed by atoms with van der Waals surface area (Å²) in [7, 11) is 0. The van der Waals surface area contributed by atoms with E-state index in [1.165, 1.54) is 4.21 Å². The van der Waals surface area contributed by atoms with Gasteiger partial charge >= 0.3 is 0 Å². The van der Waals surface area contributed by atoms with Crippen LogP contribution in [0, 0.1) is 0 Å². The van der Waals surface area contributed by atoms with E-state index in [0.29, 0.717) is 6.61 Å². The van der Waals surface area contributed by atoms with Gasteiger partial charge in [-0.2, -0.15) is 0 Å². The minimum atomic E-state index is 0.715. The fourth-order valence-electron chi connectivity index (χ4n) is 1.21. The third-order valence-corrected chi connectivity index (χ3v) is 4.07. The number of rotatable bonds is 5. The van der Waals surface area contributed by atoms with Gasteiger partial charge in [0.1, 0.15) is 5.75 Å². The van der Waals surface area contributed by atoms with Crippen molar-refractivity contribution in [3.05, 3.63) is 41.8 Å². The highest BCUT2D eigenvalue weighted by atomic mass is 32.2. The van der Waals surface area contributed by atoms with E-state index in [-0.39, 0.29) is 0 Å². The standard InChI is InChI=1S/C12H13NOS2/c13-10-3-5-11(6-4-10)14-7-9-16-12-2-1-8-15-12/h1-6,8H,7,9,13H2. The van der Waals surface area contributed by atoms with Gasteiger partial charge in [0.25, 0.3) is 0 Å². The zero-order valence-corrected chi connectivity index (χ0v) is 10.4. The van der Waals surface area contributed by atoms with Gasteiger partial charge < -0.3 is 10.5 Å². The van der Waals surface area contributed by atoms with Gasteiger partial charge in [-0.15, -0.1) is 23.1 Å². The van der Waals surface area contributed by atoms with E-state index in [2.05, 4.69) is 17.5 Å². The fourth-order valence-corrected chi connectivity index (χ4v) is 2.89. The Hall–Kier alpha value is -1.13. The molecule has 0 aliphatic rings. The Kier molecular flexibility index (Phi) is 4.13. The Bertz CT molecular complexity index is 411. The Balaban J connectivity index is 1.70. The van der Waals surface area contributed by atoms with Crippen LogP contribution in [-0.4, -0.2) is 12.4 Å². The summed E-state index contributed by atoms with van der Waals surface area (Å²) in [6, 6.07) is 11.7. The molecule has 0 aliphatic heterocycles. The molecule has 0 saturated carbocycles. The molecule has 0 bridgehead atoms. The van der Waals surface area contributed by atoms with Crippen molar-refractivity contribution in [3.63, 3.8) is 0 Å². The molecule has 1 heterocycles.